The molecular weight excluding hydrogens is 324 g/mol. The zero-order valence-electron chi connectivity index (χ0n) is 14.1. The second kappa shape index (κ2) is 10.7. The van der Waals surface area contributed by atoms with Crippen LogP contribution in [-0.4, -0.2) is 48.2 Å². The number of nitriles is 1. The first-order chi connectivity index (χ1) is 12.0. The average molecular weight is 346 g/mol. The third-order valence-electron chi connectivity index (χ3n) is 3.16. The quantitative estimate of drug-likeness (QED) is 0.473. The highest BCUT2D eigenvalue weighted by Gasteiger charge is 2.16. The van der Waals surface area contributed by atoms with Crippen molar-refractivity contribution in [2.24, 2.45) is 5.73 Å². The molecule has 1 aromatic rings. The van der Waals surface area contributed by atoms with E-state index in [4.69, 9.17) is 15.7 Å². The summed E-state index contributed by atoms with van der Waals surface area (Å²) >= 11 is 0. The maximum absolute atomic E-state index is 12.1. The lowest BCUT2D eigenvalue weighted by molar-refractivity contribution is -0.117. The molecule has 0 aliphatic carbocycles. The van der Waals surface area contributed by atoms with Crippen molar-refractivity contribution in [3.63, 3.8) is 0 Å². The summed E-state index contributed by atoms with van der Waals surface area (Å²) in [7, 11) is 0. The van der Waals surface area contributed by atoms with Crippen LogP contribution in [0.5, 0.6) is 5.75 Å². The average Bonchev–Trinajstić information content (AvgIpc) is 2.60. The van der Waals surface area contributed by atoms with Crippen molar-refractivity contribution in [1.29, 1.82) is 5.26 Å². The van der Waals surface area contributed by atoms with E-state index in [1.54, 1.807) is 37.3 Å². The van der Waals surface area contributed by atoms with Gasteiger partial charge in [-0.3, -0.25) is 9.69 Å². The van der Waals surface area contributed by atoms with Crippen molar-refractivity contribution in [1.82, 2.24) is 10.2 Å². The van der Waals surface area contributed by atoms with Crippen LogP contribution in [0.3, 0.4) is 0 Å². The number of rotatable bonds is 8. The fourth-order valence-electron chi connectivity index (χ4n) is 1.93. The zero-order valence-corrected chi connectivity index (χ0v) is 14.1. The molecule has 8 nitrogen and oxygen atoms in total. The third kappa shape index (κ3) is 6.93. The van der Waals surface area contributed by atoms with E-state index in [0.717, 1.165) is 16.7 Å². The van der Waals surface area contributed by atoms with E-state index < -0.39 is 12.0 Å². The van der Waals surface area contributed by atoms with Gasteiger partial charge in [-0.25, -0.2) is 4.79 Å². The van der Waals surface area contributed by atoms with E-state index in [9.17, 15) is 14.7 Å². The minimum Gasteiger partial charge on any atom is -0.508 e. The van der Waals surface area contributed by atoms with Gasteiger partial charge in [0.25, 0.3) is 5.91 Å². The van der Waals surface area contributed by atoms with Gasteiger partial charge >= 0.3 is 6.09 Å². The molecule has 0 spiro atoms. The number of ether oxygens (including phenoxy) is 1. The van der Waals surface area contributed by atoms with Gasteiger partial charge in [-0.2, -0.15) is 5.26 Å². The first-order valence-electron chi connectivity index (χ1n) is 7.83. The van der Waals surface area contributed by atoms with Crippen molar-refractivity contribution in [2.75, 3.05) is 26.2 Å². The van der Waals surface area contributed by atoms with Gasteiger partial charge in [0.05, 0.1) is 6.61 Å². The maximum Gasteiger partial charge on any atom is 0.413 e. The van der Waals surface area contributed by atoms with Crippen LogP contribution in [0.1, 0.15) is 12.5 Å². The van der Waals surface area contributed by atoms with Crippen LogP contribution in [0.2, 0.25) is 0 Å². The standard InChI is InChI=1S/C17H22N4O4/c1-2-25-17(24)21(10-8-18)12-14(11-19)16(23)20-9-7-13-3-5-15(22)6-4-13/h3-6,12,22H,2,7-10,18H2,1H3,(H,20,23)/b14-12-. The van der Waals surface area contributed by atoms with Crippen molar-refractivity contribution >= 4 is 12.0 Å². The molecule has 0 saturated heterocycles. The lowest BCUT2D eigenvalue weighted by atomic mass is 10.1. The number of nitrogens with zero attached hydrogens (tertiary/aromatic N) is 2. The molecule has 0 unspecified atom stereocenters. The number of nitrogens with two attached hydrogens (primary N) is 1. The third-order valence-corrected chi connectivity index (χ3v) is 3.16. The van der Waals surface area contributed by atoms with Crippen LogP contribution in [-0.2, 0) is 16.0 Å². The number of aromatic hydroxyl groups is 1. The van der Waals surface area contributed by atoms with Crippen LogP contribution >= 0.6 is 0 Å². The van der Waals surface area contributed by atoms with E-state index in [1.165, 1.54) is 0 Å². The summed E-state index contributed by atoms with van der Waals surface area (Å²) in [4.78, 5) is 25.0. The zero-order chi connectivity index (χ0) is 18.7. The number of nitrogens with one attached hydrogen (secondary N) is 1. The fraction of sp³-hybridized carbons (Fsp3) is 0.353. The Morgan fingerprint density at radius 3 is 2.64 bits per heavy atom. The Morgan fingerprint density at radius 1 is 1.40 bits per heavy atom. The van der Waals surface area contributed by atoms with E-state index >= 15 is 0 Å². The van der Waals surface area contributed by atoms with E-state index in [1.807, 2.05) is 0 Å². The minimum atomic E-state index is -0.669. The summed E-state index contributed by atoms with van der Waals surface area (Å²) in [6.45, 7) is 2.43. The molecule has 0 aromatic heterocycles. The molecule has 0 heterocycles. The van der Waals surface area contributed by atoms with Gasteiger partial charge in [-0.05, 0) is 31.0 Å². The number of amides is 2. The van der Waals surface area contributed by atoms with Gasteiger partial charge in [0.1, 0.15) is 17.4 Å². The Balaban J connectivity index is 2.66. The van der Waals surface area contributed by atoms with Gasteiger partial charge in [-0.15, -0.1) is 0 Å². The van der Waals surface area contributed by atoms with E-state index in [0.29, 0.717) is 13.0 Å². The molecule has 4 N–H and O–H groups in total. The molecule has 0 saturated carbocycles. The second-order valence-corrected chi connectivity index (χ2v) is 5.01. The lowest BCUT2D eigenvalue weighted by Gasteiger charge is -2.17. The summed E-state index contributed by atoms with van der Waals surface area (Å²) in [6, 6.07) is 8.37. The minimum absolute atomic E-state index is 0.130. The molecule has 8 heteroatoms. The first kappa shape index (κ1) is 20.0. The second-order valence-electron chi connectivity index (χ2n) is 5.01. The Kier molecular flexibility index (Phi) is 8.54. The molecule has 25 heavy (non-hydrogen) atoms. The Hall–Kier alpha value is -3.05. The predicted molar refractivity (Wildman–Crippen MR) is 91.3 cm³/mol. The number of carbonyl (C=O) groups is 2. The summed E-state index contributed by atoms with van der Waals surface area (Å²) in [6.07, 6.45) is 1.01. The first-order valence-corrected chi connectivity index (χ1v) is 7.83. The molecule has 1 rings (SSSR count). The van der Waals surface area contributed by atoms with Gasteiger partial charge in [0.15, 0.2) is 0 Å². The van der Waals surface area contributed by atoms with E-state index in [-0.39, 0.29) is 31.0 Å². The lowest BCUT2D eigenvalue weighted by Crippen LogP contribution is -2.34. The van der Waals surface area contributed by atoms with Gasteiger partial charge < -0.3 is 20.9 Å². The van der Waals surface area contributed by atoms with Crippen LogP contribution < -0.4 is 11.1 Å². The summed E-state index contributed by atoms with van der Waals surface area (Å²) in [5.41, 5.74) is 6.14. The number of hydrogen-bond acceptors (Lipinski definition) is 6. The number of hydrogen-bond donors (Lipinski definition) is 3. The highest BCUT2D eigenvalue weighted by molar-refractivity contribution is 5.97. The molecular formula is C17H22N4O4. The largest absolute Gasteiger partial charge is 0.508 e. The highest BCUT2D eigenvalue weighted by Crippen LogP contribution is 2.09. The SMILES string of the molecule is CCOC(=O)N(/C=C(/C#N)C(=O)NCCc1ccc(O)cc1)CCN. The van der Waals surface area contributed by atoms with Gasteiger partial charge in [0.2, 0.25) is 0 Å². The van der Waals surface area contributed by atoms with Gasteiger partial charge in [0, 0.05) is 25.8 Å². The number of phenols is 1. The highest BCUT2D eigenvalue weighted by atomic mass is 16.6. The summed E-state index contributed by atoms with van der Waals surface area (Å²) in [5, 5.41) is 21.0. The summed E-state index contributed by atoms with van der Waals surface area (Å²) in [5.74, 6) is -0.422. The van der Waals surface area contributed by atoms with Crippen molar-refractivity contribution in [2.45, 2.75) is 13.3 Å². The van der Waals surface area contributed by atoms with Crippen molar-refractivity contribution in [3.05, 3.63) is 41.6 Å². The fourth-order valence-corrected chi connectivity index (χ4v) is 1.93. The number of benzene rings is 1. The normalized spacial score (nSPS) is 10.7. The van der Waals surface area contributed by atoms with Crippen molar-refractivity contribution in [3.8, 4) is 11.8 Å². The monoisotopic (exact) mass is 346 g/mol. The van der Waals surface area contributed by atoms with Crippen LogP contribution in [0.15, 0.2) is 36.0 Å². The van der Waals surface area contributed by atoms with E-state index in [2.05, 4.69) is 5.32 Å². The van der Waals surface area contributed by atoms with Crippen LogP contribution in [0.4, 0.5) is 4.79 Å². The van der Waals surface area contributed by atoms with Crippen LogP contribution in [0.25, 0.3) is 0 Å². The maximum atomic E-state index is 12.1. The molecule has 0 atom stereocenters. The van der Waals surface area contributed by atoms with Gasteiger partial charge in [-0.1, -0.05) is 12.1 Å². The predicted octanol–water partition coefficient (Wildman–Crippen LogP) is 0.876. The number of carbonyl (C=O) groups excluding carboxylic acids is 2. The molecule has 2 amide bonds. The van der Waals surface area contributed by atoms with Crippen molar-refractivity contribution < 1.29 is 19.4 Å². The molecule has 0 bridgehead atoms. The Labute approximate surface area is 146 Å². The number of phenolic OH excluding ortho intramolecular Hbond substituents is 1. The Morgan fingerprint density at radius 2 is 2.08 bits per heavy atom. The molecule has 1 aromatic carbocycles. The molecule has 0 aliphatic rings. The molecule has 0 fully saturated rings. The molecule has 0 aliphatic heterocycles. The topological polar surface area (TPSA) is 129 Å². The Bertz CT molecular complexity index is 650. The molecule has 0 radical (unpaired) electrons. The van der Waals surface area contributed by atoms with Crippen LogP contribution in [0, 0.1) is 11.3 Å². The smallest absolute Gasteiger partial charge is 0.413 e. The molecule has 134 valence electrons. The summed E-state index contributed by atoms with van der Waals surface area (Å²) < 4.78 is 4.86.